The van der Waals surface area contributed by atoms with Gasteiger partial charge in [-0.1, -0.05) is 41.9 Å². The Morgan fingerprint density at radius 2 is 1.68 bits per heavy atom. The van der Waals surface area contributed by atoms with Crippen LogP contribution in [-0.4, -0.2) is 22.1 Å². The maximum atomic E-state index is 13.2. The third-order valence-electron chi connectivity index (χ3n) is 5.16. The average molecular weight is 397 g/mol. The number of nitrogens with zero attached hydrogens (tertiary/aromatic N) is 2. The topological polar surface area (TPSA) is 63.8 Å². The minimum absolute atomic E-state index is 0.252. The Bertz CT molecular complexity index is 953. The number of hydrogen-bond acceptors (Lipinski definition) is 4. The molecule has 1 aliphatic rings. The van der Waals surface area contributed by atoms with E-state index in [1.165, 1.54) is 12.1 Å². The van der Waals surface area contributed by atoms with Crippen LogP contribution in [0.15, 0.2) is 54.7 Å². The van der Waals surface area contributed by atoms with Gasteiger partial charge in [0.2, 0.25) is 5.95 Å². The van der Waals surface area contributed by atoms with Crippen molar-refractivity contribution in [2.24, 2.45) is 5.73 Å². The van der Waals surface area contributed by atoms with Crippen LogP contribution < -0.4 is 11.1 Å². The van der Waals surface area contributed by atoms with Gasteiger partial charge >= 0.3 is 0 Å². The molecular weight excluding hydrogens is 375 g/mol. The van der Waals surface area contributed by atoms with Gasteiger partial charge in [-0.05, 0) is 55.0 Å². The minimum atomic E-state index is -0.252. The molecule has 0 aliphatic heterocycles. The summed E-state index contributed by atoms with van der Waals surface area (Å²) in [6.45, 7) is 0. The number of nitrogens with two attached hydrogens (primary N) is 1. The van der Waals surface area contributed by atoms with Crippen LogP contribution in [-0.2, 0) is 0 Å². The second-order valence-electron chi connectivity index (χ2n) is 7.23. The zero-order chi connectivity index (χ0) is 19.5. The molecule has 0 bridgehead atoms. The predicted molar refractivity (Wildman–Crippen MR) is 112 cm³/mol. The molecule has 3 aromatic rings. The SMILES string of the molecule is NC1CCC(Nc2ncc(Cl)c(-c3cccc(-c4ccc(F)cc4)c3)n2)CC1. The number of aromatic nitrogens is 2. The molecule has 0 atom stereocenters. The normalized spacial score (nSPS) is 19.4. The van der Waals surface area contributed by atoms with Crippen molar-refractivity contribution in [2.75, 3.05) is 5.32 Å². The minimum Gasteiger partial charge on any atom is -0.351 e. The fraction of sp³-hybridized carbons (Fsp3) is 0.273. The van der Waals surface area contributed by atoms with Crippen LogP contribution in [0.4, 0.5) is 10.3 Å². The average Bonchev–Trinajstić information content (AvgIpc) is 2.72. The van der Waals surface area contributed by atoms with Gasteiger partial charge in [-0.15, -0.1) is 0 Å². The molecule has 1 heterocycles. The summed E-state index contributed by atoms with van der Waals surface area (Å²) in [5.41, 5.74) is 9.46. The molecule has 4 rings (SSSR count). The fourth-order valence-corrected chi connectivity index (χ4v) is 3.77. The van der Waals surface area contributed by atoms with Crippen molar-refractivity contribution in [3.8, 4) is 22.4 Å². The molecule has 28 heavy (non-hydrogen) atoms. The molecule has 6 heteroatoms. The second-order valence-corrected chi connectivity index (χ2v) is 7.64. The molecular formula is C22H22ClFN4. The van der Waals surface area contributed by atoms with E-state index in [9.17, 15) is 4.39 Å². The molecule has 1 fully saturated rings. The van der Waals surface area contributed by atoms with Crippen molar-refractivity contribution in [1.29, 1.82) is 0 Å². The molecule has 0 amide bonds. The van der Waals surface area contributed by atoms with E-state index < -0.39 is 0 Å². The monoisotopic (exact) mass is 396 g/mol. The largest absolute Gasteiger partial charge is 0.351 e. The molecule has 4 nitrogen and oxygen atoms in total. The van der Waals surface area contributed by atoms with Crippen molar-refractivity contribution in [3.05, 3.63) is 65.6 Å². The maximum absolute atomic E-state index is 13.2. The Kier molecular flexibility index (Phi) is 5.55. The Balaban J connectivity index is 1.60. The van der Waals surface area contributed by atoms with Gasteiger partial charge < -0.3 is 11.1 Å². The van der Waals surface area contributed by atoms with Crippen molar-refractivity contribution < 1.29 is 4.39 Å². The quantitative estimate of drug-likeness (QED) is 0.629. The van der Waals surface area contributed by atoms with Crippen molar-refractivity contribution in [3.63, 3.8) is 0 Å². The molecule has 0 unspecified atom stereocenters. The van der Waals surface area contributed by atoms with Gasteiger partial charge in [0.15, 0.2) is 0 Å². The van der Waals surface area contributed by atoms with Crippen LogP contribution in [0.3, 0.4) is 0 Å². The van der Waals surface area contributed by atoms with Gasteiger partial charge in [0, 0.05) is 17.6 Å². The van der Waals surface area contributed by atoms with Gasteiger partial charge in [0.05, 0.1) is 16.9 Å². The summed E-state index contributed by atoms with van der Waals surface area (Å²) in [4.78, 5) is 9.00. The highest BCUT2D eigenvalue weighted by Crippen LogP contribution is 2.30. The highest BCUT2D eigenvalue weighted by molar-refractivity contribution is 6.32. The Morgan fingerprint density at radius 3 is 2.43 bits per heavy atom. The highest BCUT2D eigenvalue weighted by Gasteiger charge is 2.19. The molecule has 0 radical (unpaired) electrons. The van der Waals surface area contributed by atoms with E-state index >= 15 is 0 Å². The van der Waals surface area contributed by atoms with E-state index in [0.29, 0.717) is 28.7 Å². The molecule has 144 valence electrons. The van der Waals surface area contributed by atoms with Gasteiger partial charge in [-0.2, -0.15) is 0 Å². The molecule has 1 aliphatic carbocycles. The zero-order valence-electron chi connectivity index (χ0n) is 15.4. The summed E-state index contributed by atoms with van der Waals surface area (Å²) >= 11 is 6.39. The van der Waals surface area contributed by atoms with E-state index in [0.717, 1.165) is 42.4 Å². The lowest BCUT2D eigenvalue weighted by molar-refractivity contribution is 0.410. The van der Waals surface area contributed by atoms with Gasteiger partial charge in [0.25, 0.3) is 0 Å². The number of hydrogen-bond donors (Lipinski definition) is 2. The number of rotatable bonds is 4. The Labute approximate surface area is 169 Å². The van der Waals surface area contributed by atoms with E-state index in [4.69, 9.17) is 17.3 Å². The van der Waals surface area contributed by atoms with Crippen LogP contribution >= 0.6 is 11.6 Å². The van der Waals surface area contributed by atoms with E-state index in [1.807, 2.05) is 24.3 Å². The Morgan fingerprint density at radius 1 is 0.964 bits per heavy atom. The summed E-state index contributed by atoms with van der Waals surface area (Å²) < 4.78 is 13.2. The van der Waals surface area contributed by atoms with Crippen molar-refractivity contribution in [1.82, 2.24) is 9.97 Å². The lowest BCUT2D eigenvalue weighted by atomic mass is 9.92. The lowest BCUT2D eigenvalue weighted by Crippen LogP contribution is -2.33. The molecule has 0 spiro atoms. The number of anilines is 1. The van der Waals surface area contributed by atoms with Gasteiger partial charge in [0.1, 0.15) is 5.82 Å². The molecule has 3 N–H and O–H groups in total. The third kappa shape index (κ3) is 4.32. The van der Waals surface area contributed by atoms with Crippen molar-refractivity contribution >= 4 is 17.5 Å². The number of benzene rings is 2. The van der Waals surface area contributed by atoms with E-state index in [2.05, 4.69) is 15.3 Å². The summed E-state index contributed by atoms with van der Waals surface area (Å²) in [5.74, 6) is 0.324. The van der Waals surface area contributed by atoms with E-state index in [1.54, 1.807) is 18.3 Å². The first kappa shape index (κ1) is 18.8. The Hall–Kier alpha value is -2.50. The van der Waals surface area contributed by atoms with Gasteiger partial charge in [-0.3, -0.25) is 0 Å². The van der Waals surface area contributed by atoms with Crippen LogP contribution in [0.5, 0.6) is 0 Å². The summed E-state index contributed by atoms with van der Waals surface area (Å²) in [7, 11) is 0. The first-order valence-corrected chi connectivity index (χ1v) is 9.87. The highest BCUT2D eigenvalue weighted by atomic mass is 35.5. The van der Waals surface area contributed by atoms with Crippen LogP contribution in [0, 0.1) is 5.82 Å². The third-order valence-corrected chi connectivity index (χ3v) is 5.44. The van der Waals surface area contributed by atoms with Crippen molar-refractivity contribution in [2.45, 2.75) is 37.8 Å². The second kappa shape index (κ2) is 8.25. The van der Waals surface area contributed by atoms with Crippen LogP contribution in [0.1, 0.15) is 25.7 Å². The van der Waals surface area contributed by atoms with Crippen LogP contribution in [0.25, 0.3) is 22.4 Å². The molecule has 1 aromatic heterocycles. The lowest BCUT2D eigenvalue weighted by Gasteiger charge is -2.26. The zero-order valence-corrected chi connectivity index (χ0v) is 16.2. The summed E-state index contributed by atoms with van der Waals surface area (Å²) in [5, 5.41) is 3.91. The standard InChI is InChI=1S/C22H22ClFN4/c23-20-13-26-22(27-19-10-8-18(25)9-11-19)28-21(20)16-3-1-2-15(12-16)14-4-6-17(24)7-5-14/h1-7,12-13,18-19H,8-11,25H2,(H,26,27,28). The first-order valence-electron chi connectivity index (χ1n) is 9.49. The van der Waals surface area contributed by atoms with Crippen LogP contribution in [0.2, 0.25) is 5.02 Å². The maximum Gasteiger partial charge on any atom is 0.223 e. The number of halogens is 2. The summed E-state index contributed by atoms with van der Waals surface area (Å²) in [6, 6.07) is 15.0. The predicted octanol–water partition coefficient (Wildman–Crippen LogP) is 5.28. The smallest absolute Gasteiger partial charge is 0.223 e. The fourth-order valence-electron chi connectivity index (χ4n) is 3.57. The van der Waals surface area contributed by atoms with E-state index in [-0.39, 0.29) is 5.82 Å². The molecule has 0 saturated heterocycles. The molecule has 1 saturated carbocycles. The number of nitrogens with one attached hydrogen (secondary N) is 1. The first-order chi connectivity index (χ1) is 13.6. The molecule has 2 aromatic carbocycles. The summed E-state index contributed by atoms with van der Waals surface area (Å²) in [6.07, 6.45) is 5.69. The van der Waals surface area contributed by atoms with Gasteiger partial charge in [-0.25, -0.2) is 14.4 Å².